The first kappa shape index (κ1) is 20.2. The number of rotatable bonds is 4. The molecule has 0 aliphatic carbocycles. The molecule has 144 valence electrons. The van der Waals surface area contributed by atoms with Gasteiger partial charge < -0.3 is 10.0 Å². The second-order valence-corrected chi connectivity index (χ2v) is 8.93. The van der Waals surface area contributed by atoms with Gasteiger partial charge in [0.25, 0.3) is 5.91 Å². The Hall–Kier alpha value is -2.10. The van der Waals surface area contributed by atoms with Crippen molar-refractivity contribution in [3.8, 4) is 0 Å². The van der Waals surface area contributed by atoms with E-state index >= 15 is 0 Å². The number of carbonyl (C=O) groups excluding carboxylic acids is 1. The van der Waals surface area contributed by atoms with E-state index in [-0.39, 0.29) is 10.5 Å². The van der Waals surface area contributed by atoms with Gasteiger partial charge in [0.1, 0.15) is 0 Å². The molecule has 0 saturated carbocycles. The van der Waals surface area contributed by atoms with Crippen LogP contribution in [-0.2, 0) is 14.6 Å². The van der Waals surface area contributed by atoms with Crippen molar-refractivity contribution in [2.45, 2.75) is 30.2 Å². The van der Waals surface area contributed by atoms with E-state index < -0.39 is 58.1 Å². The minimum absolute atomic E-state index is 0.000306. The van der Waals surface area contributed by atoms with Gasteiger partial charge in [0.05, 0.1) is 22.0 Å². The van der Waals surface area contributed by atoms with Crippen molar-refractivity contribution in [1.29, 1.82) is 0 Å². The molecule has 0 radical (unpaired) electrons. The summed E-state index contributed by atoms with van der Waals surface area (Å²) in [5, 5.41) is 8.33. The zero-order valence-electron chi connectivity index (χ0n) is 14.0. The van der Waals surface area contributed by atoms with Crippen LogP contribution in [-0.4, -0.2) is 54.8 Å². The highest BCUT2D eigenvalue weighted by molar-refractivity contribution is 7.92. The number of aliphatic carboxylic acids is 1. The number of sulfone groups is 1. The summed E-state index contributed by atoms with van der Waals surface area (Å²) >= 11 is 0. The molecule has 26 heavy (non-hydrogen) atoms. The fourth-order valence-electron chi connectivity index (χ4n) is 2.79. The molecular formula is C16H18F3NO5S. The number of likely N-dealkylation sites (tertiary alicyclic amines) is 1. The van der Waals surface area contributed by atoms with E-state index in [1.807, 2.05) is 0 Å². The van der Waals surface area contributed by atoms with Gasteiger partial charge in [0.2, 0.25) is 0 Å². The predicted molar refractivity (Wildman–Crippen MR) is 85.3 cm³/mol. The molecule has 1 aliphatic heterocycles. The van der Waals surface area contributed by atoms with E-state index in [4.69, 9.17) is 5.11 Å². The summed E-state index contributed by atoms with van der Waals surface area (Å²) in [6, 6.07) is 4.87. The Bertz CT molecular complexity index is 802. The van der Waals surface area contributed by atoms with E-state index in [2.05, 4.69) is 0 Å². The van der Waals surface area contributed by atoms with Gasteiger partial charge in [-0.25, -0.2) is 8.42 Å². The summed E-state index contributed by atoms with van der Waals surface area (Å²) in [5.41, 5.74) is -0.000306. The first-order valence-corrected chi connectivity index (χ1v) is 9.33. The quantitative estimate of drug-likeness (QED) is 0.847. The number of alkyl halides is 3. The summed E-state index contributed by atoms with van der Waals surface area (Å²) in [4.78, 5) is 24.3. The summed E-state index contributed by atoms with van der Waals surface area (Å²) in [7, 11) is -3.54. The zero-order valence-corrected chi connectivity index (χ0v) is 14.8. The number of carbonyl (C=O) groups is 2. The Morgan fingerprint density at radius 3 is 2.08 bits per heavy atom. The van der Waals surface area contributed by atoms with Gasteiger partial charge >= 0.3 is 12.1 Å². The molecule has 1 aliphatic rings. The van der Waals surface area contributed by atoms with Gasteiger partial charge in [-0.15, -0.1) is 0 Å². The lowest BCUT2D eigenvalue weighted by Gasteiger charge is -2.18. The molecule has 1 aromatic carbocycles. The molecule has 0 unspecified atom stereocenters. The van der Waals surface area contributed by atoms with Crippen LogP contribution in [0.5, 0.6) is 0 Å². The van der Waals surface area contributed by atoms with Crippen LogP contribution in [0.3, 0.4) is 0 Å². The van der Waals surface area contributed by atoms with Crippen LogP contribution in [0, 0.1) is 11.8 Å². The monoisotopic (exact) mass is 393 g/mol. The third-order valence-electron chi connectivity index (χ3n) is 4.40. The zero-order chi connectivity index (χ0) is 19.9. The average Bonchev–Trinajstić information content (AvgIpc) is 3.00. The van der Waals surface area contributed by atoms with Crippen LogP contribution in [0.15, 0.2) is 29.2 Å². The van der Waals surface area contributed by atoms with Crippen molar-refractivity contribution in [2.24, 2.45) is 11.8 Å². The topological polar surface area (TPSA) is 91.8 Å². The summed E-state index contributed by atoms with van der Waals surface area (Å²) in [5.74, 6) is -6.23. The molecule has 1 N–H and O–H groups in total. The average molecular weight is 393 g/mol. The number of nitrogens with zero attached hydrogens (tertiary/aromatic N) is 1. The standard InChI is InChI=1S/C16H18F3NO5S/c1-9(2)26(24,25)11-5-3-10(4-6-11)14(21)20-7-12(15(22)23)13(8-20)16(17,18)19/h3-6,9,12-13H,7-8H2,1-2H3,(H,22,23)/t12-,13-/m1/s1. The number of benzene rings is 1. The molecule has 1 saturated heterocycles. The van der Waals surface area contributed by atoms with Gasteiger partial charge in [0, 0.05) is 18.7 Å². The highest BCUT2D eigenvalue weighted by Gasteiger charge is 2.53. The van der Waals surface area contributed by atoms with Crippen molar-refractivity contribution >= 4 is 21.7 Å². The molecule has 10 heteroatoms. The van der Waals surface area contributed by atoms with Gasteiger partial charge in [-0.1, -0.05) is 0 Å². The fourth-order valence-corrected chi connectivity index (χ4v) is 3.85. The Labute approximate surface area is 148 Å². The van der Waals surface area contributed by atoms with Crippen molar-refractivity contribution in [3.63, 3.8) is 0 Å². The lowest BCUT2D eigenvalue weighted by Crippen LogP contribution is -2.34. The van der Waals surface area contributed by atoms with Crippen LogP contribution >= 0.6 is 0 Å². The van der Waals surface area contributed by atoms with E-state index in [0.29, 0.717) is 0 Å². The molecule has 1 aromatic rings. The molecule has 0 aromatic heterocycles. The molecule has 2 atom stereocenters. The Morgan fingerprint density at radius 2 is 1.69 bits per heavy atom. The number of carboxylic acid groups (broad SMARTS) is 1. The van der Waals surface area contributed by atoms with Crippen molar-refractivity contribution in [1.82, 2.24) is 4.90 Å². The van der Waals surface area contributed by atoms with Gasteiger partial charge in [-0.05, 0) is 38.1 Å². The van der Waals surface area contributed by atoms with Gasteiger partial charge in [0.15, 0.2) is 9.84 Å². The molecule has 1 heterocycles. The third-order valence-corrected chi connectivity index (χ3v) is 6.57. The van der Waals surface area contributed by atoms with Gasteiger partial charge in [-0.2, -0.15) is 13.2 Å². The maximum absolute atomic E-state index is 13.0. The minimum atomic E-state index is -4.73. The number of hydrogen-bond acceptors (Lipinski definition) is 4. The smallest absolute Gasteiger partial charge is 0.394 e. The molecule has 1 amide bonds. The lowest BCUT2D eigenvalue weighted by molar-refractivity contribution is -0.187. The number of hydrogen-bond donors (Lipinski definition) is 1. The van der Waals surface area contributed by atoms with E-state index in [0.717, 1.165) is 4.90 Å². The summed E-state index contributed by atoms with van der Waals surface area (Å²) < 4.78 is 63.1. The Morgan fingerprint density at radius 1 is 1.15 bits per heavy atom. The SMILES string of the molecule is CC(C)S(=O)(=O)c1ccc(C(=O)N2C[C@@H](C(F)(F)F)[C@H](C(=O)O)C2)cc1. The normalized spacial score (nSPS) is 21.2. The van der Waals surface area contributed by atoms with Crippen molar-refractivity contribution in [3.05, 3.63) is 29.8 Å². The molecule has 1 fully saturated rings. The Balaban J connectivity index is 2.23. The number of amides is 1. The van der Waals surface area contributed by atoms with Gasteiger partial charge in [-0.3, -0.25) is 9.59 Å². The van der Waals surface area contributed by atoms with E-state index in [1.165, 1.54) is 38.1 Å². The second kappa shape index (κ2) is 6.90. The van der Waals surface area contributed by atoms with Crippen LogP contribution in [0.4, 0.5) is 13.2 Å². The summed E-state index contributed by atoms with van der Waals surface area (Å²) in [6.45, 7) is 1.71. The Kier molecular flexibility index (Phi) is 5.36. The first-order chi connectivity index (χ1) is 11.9. The second-order valence-electron chi connectivity index (χ2n) is 6.42. The molecule has 0 spiro atoms. The maximum atomic E-state index is 13.0. The highest BCUT2D eigenvalue weighted by Crippen LogP contribution is 2.38. The van der Waals surface area contributed by atoms with E-state index in [1.54, 1.807) is 0 Å². The maximum Gasteiger partial charge on any atom is 0.394 e. The lowest BCUT2D eigenvalue weighted by atomic mass is 9.96. The minimum Gasteiger partial charge on any atom is -0.481 e. The largest absolute Gasteiger partial charge is 0.481 e. The van der Waals surface area contributed by atoms with Crippen LogP contribution in [0.25, 0.3) is 0 Å². The fraction of sp³-hybridized carbons (Fsp3) is 0.500. The number of halogens is 3. The van der Waals surface area contributed by atoms with E-state index in [9.17, 15) is 31.2 Å². The summed E-state index contributed by atoms with van der Waals surface area (Å²) in [6.07, 6.45) is -4.73. The van der Waals surface area contributed by atoms with Crippen LogP contribution < -0.4 is 0 Å². The molecule has 6 nitrogen and oxygen atoms in total. The molecule has 2 rings (SSSR count). The molecule has 0 bridgehead atoms. The highest BCUT2D eigenvalue weighted by atomic mass is 32.2. The third kappa shape index (κ3) is 3.84. The van der Waals surface area contributed by atoms with Crippen LogP contribution in [0.1, 0.15) is 24.2 Å². The predicted octanol–water partition coefficient (Wildman–Crippen LogP) is 2.20. The van der Waals surface area contributed by atoms with Crippen molar-refractivity contribution < 1.29 is 36.3 Å². The number of carboxylic acids is 1. The van der Waals surface area contributed by atoms with Crippen LogP contribution in [0.2, 0.25) is 0 Å². The first-order valence-electron chi connectivity index (χ1n) is 7.78. The molecular weight excluding hydrogens is 375 g/mol. The van der Waals surface area contributed by atoms with Crippen molar-refractivity contribution in [2.75, 3.05) is 13.1 Å².